The summed E-state index contributed by atoms with van der Waals surface area (Å²) in [4.78, 5) is 16.0. The predicted octanol–water partition coefficient (Wildman–Crippen LogP) is 0.104. The highest BCUT2D eigenvalue weighted by Crippen LogP contribution is 2.32. The van der Waals surface area contributed by atoms with Gasteiger partial charge in [-0.25, -0.2) is 8.42 Å². The van der Waals surface area contributed by atoms with E-state index in [2.05, 4.69) is 0 Å². The van der Waals surface area contributed by atoms with Crippen molar-refractivity contribution in [3.05, 3.63) is 59.7 Å². The zero-order valence-corrected chi connectivity index (χ0v) is 18.4. The summed E-state index contributed by atoms with van der Waals surface area (Å²) in [6.45, 7) is 4.04. The van der Waals surface area contributed by atoms with Gasteiger partial charge in [-0.3, -0.25) is 4.79 Å². The van der Waals surface area contributed by atoms with E-state index in [0.29, 0.717) is 13.1 Å². The number of amides is 1. The van der Waals surface area contributed by atoms with E-state index < -0.39 is 10.0 Å². The monoisotopic (exact) mass is 446 g/mol. The normalized spacial score (nSPS) is 16.6. The molecule has 2 aliphatic rings. The van der Waals surface area contributed by atoms with Crippen molar-refractivity contribution in [2.24, 2.45) is 0 Å². The first-order valence-electron chi connectivity index (χ1n) is 10.4. The molecule has 0 aliphatic carbocycles. The summed E-state index contributed by atoms with van der Waals surface area (Å²) in [6.07, 6.45) is 1.15. The van der Waals surface area contributed by atoms with Crippen LogP contribution in [0.25, 0.3) is 0 Å². The lowest BCUT2D eigenvalue weighted by molar-refractivity contribution is -0.917. The van der Waals surface area contributed by atoms with Gasteiger partial charge >= 0.3 is 0 Å². The van der Waals surface area contributed by atoms with Gasteiger partial charge in [-0.2, -0.15) is 4.31 Å². The van der Waals surface area contributed by atoms with Crippen LogP contribution in [0.2, 0.25) is 0 Å². The topological polar surface area (TPSA) is 80.6 Å². The molecular weight excluding hydrogens is 418 g/mol. The first-order valence-corrected chi connectivity index (χ1v) is 12.2. The molecule has 0 spiro atoms. The minimum absolute atomic E-state index is 0.134. The fourth-order valence-corrected chi connectivity index (χ4v) is 4.65. The molecule has 2 heterocycles. The Balaban J connectivity index is 1.30. The third-order valence-electron chi connectivity index (χ3n) is 5.70. The summed E-state index contributed by atoms with van der Waals surface area (Å²) in [5.41, 5.74) is 2.03. The number of hydrogen-bond acceptors (Lipinski definition) is 5. The fourth-order valence-electron chi connectivity index (χ4n) is 3.92. The van der Waals surface area contributed by atoms with Crippen LogP contribution in [0.4, 0.5) is 0 Å². The van der Waals surface area contributed by atoms with Crippen LogP contribution in [0.15, 0.2) is 48.5 Å². The number of ether oxygens (including phenoxy) is 2. The van der Waals surface area contributed by atoms with Crippen molar-refractivity contribution in [1.82, 2.24) is 9.21 Å². The largest absolute Gasteiger partial charge is 0.454 e. The molecule has 0 radical (unpaired) electrons. The van der Waals surface area contributed by atoms with Gasteiger partial charge in [0.1, 0.15) is 6.54 Å². The Morgan fingerprint density at radius 2 is 1.74 bits per heavy atom. The van der Waals surface area contributed by atoms with Crippen LogP contribution in [0.5, 0.6) is 11.5 Å². The smallest absolute Gasteiger partial charge is 0.238 e. The first-order chi connectivity index (χ1) is 14.9. The van der Waals surface area contributed by atoms with Gasteiger partial charge in [0.2, 0.25) is 22.7 Å². The van der Waals surface area contributed by atoms with E-state index in [0.717, 1.165) is 43.0 Å². The van der Waals surface area contributed by atoms with Crippen LogP contribution >= 0.6 is 0 Å². The van der Waals surface area contributed by atoms with E-state index in [1.807, 2.05) is 48.5 Å². The minimum atomic E-state index is -3.49. The van der Waals surface area contributed by atoms with Crippen LogP contribution in [0.1, 0.15) is 11.1 Å². The van der Waals surface area contributed by atoms with Gasteiger partial charge in [0, 0.05) is 12.1 Å². The van der Waals surface area contributed by atoms with Gasteiger partial charge in [0.15, 0.2) is 11.5 Å². The zero-order chi connectivity index (χ0) is 21.8. The standard InChI is InChI=1S/C22H27N3O5S/c1-31(27,28)25(15-18-5-3-2-4-6-18)16-22(26)24-11-9-23(10-12-24)14-19-7-8-20-21(13-19)30-17-29-20/h2-8,13H,9-12,14-17H2,1H3/p+1. The Kier molecular flexibility index (Phi) is 6.45. The molecule has 31 heavy (non-hydrogen) atoms. The fraction of sp³-hybridized carbons (Fsp3) is 0.409. The molecule has 2 aromatic carbocycles. The highest BCUT2D eigenvalue weighted by Gasteiger charge is 2.28. The van der Waals surface area contributed by atoms with E-state index in [9.17, 15) is 13.2 Å². The maximum Gasteiger partial charge on any atom is 0.238 e. The molecule has 1 N–H and O–H groups in total. The van der Waals surface area contributed by atoms with Crippen LogP contribution in [-0.2, 0) is 27.9 Å². The third kappa shape index (κ3) is 5.55. The van der Waals surface area contributed by atoms with Gasteiger partial charge in [-0.15, -0.1) is 0 Å². The number of nitrogens with one attached hydrogen (secondary N) is 1. The number of carbonyl (C=O) groups excluding carboxylic acids is 1. The van der Waals surface area contributed by atoms with Crippen molar-refractivity contribution in [2.75, 3.05) is 45.8 Å². The molecule has 9 heteroatoms. The molecule has 0 atom stereocenters. The molecule has 0 bridgehead atoms. The average molecular weight is 447 g/mol. The maximum absolute atomic E-state index is 12.8. The molecule has 2 aromatic rings. The van der Waals surface area contributed by atoms with Gasteiger partial charge in [-0.1, -0.05) is 30.3 Å². The van der Waals surface area contributed by atoms with Gasteiger partial charge < -0.3 is 19.3 Å². The number of piperazine rings is 1. The quantitative estimate of drug-likeness (QED) is 0.653. The molecule has 1 fully saturated rings. The number of rotatable bonds is 7. The Labute approximate surface area is 183 Å². The second-order valence-electron chi connectivity index (χ2n) is 8.01. The van der Waals surface area contributed by atoms with E-state index in [1.165, 1.54) is 14.8 Å². The van der Waals surface area contributed by atoms with E-state index in [-0.39, 0.29) is 25.8 Å². The number of fused-ring (bicyclic) bond motifs is 1. The lowest BCUT2D eigenvalue weighted by Gasteiger charge is -2.33. The molecule has 0 unspecified atom stereocenters. The van der Waals surface area contributed by atoms with Crippen LogP contribution in [-0.4, -0.2) is 69.3 Å². The number of carbonyl (C=O) groups is 1. The average Bonchev–Trinajstić information content (AvgIpc) is 3.22. The van der Waals surface area contributed by atoms with Crippen molar-refractivity contribution >= 4 is 15.9 Å². The summed E-state index contributed by atoms with van der Waals surface area (Å²) in [5, 5.41) is 0. The number of hydrogen-bond donors (Lipinski definition) is 1. The Morgan fingerprint density at radius 3 is 2.45 bits per heavy atom. The third-order valence-corrected chi connectivity index (χ3v) is 6.89. The number of benzene rings is 2. The van der Waals surface area contributed by atoms with Crippen molar-refractivity contribution < 1.29 is 27.6 Å². The summed E-state index contributed by atoms with van der Waals surface area (Å²) in [6, 6.07) is 15.3. The highest BCUT2D eigenvalue weighted by molar-refractivity contribution is 7.88. The van der Waals surface area contributed by atoms with Gasteiger partial charge in [-0.05, 0) is 23.8 Å². The lowest BCUT2D eigenvalue weighted by Crippen LogP contribution is -3.13. The Bertz CT molecular complexity index is 1020. The van der Waals surface area contributed by atoms with Crippen LogP contribution in [0.3, 0.4) is 0 Å². The summed E-state index contributed by atoms with van der Waals surface area (Å²) < 4.78 is 36.5. The molecule has 1 saturated heterocycles. The van der Waals surface area contributed by atoms with Gasteiger partial charge in [0.05, 0.1) is 39.0 Å². The Morgan fingerprint density at radius 1 is 1.03 bits per heavy atom. The van der Waals surface area contributed by atoms with E-state index >= 15 is 0 Å². The molecule has 4 rings (SSSR count). The number of sulfonamides is 1. The summed E-state index contributed by atoms with van der Waals surface area (Å²) in [5.74, 6) is 1.41. The second-order valence-corrected chi connectivity index (χ2v) is 9.99. The molecule has 1 amide bonds. The summed E-state index contributed by atoms with van der Waals surface area (Å²) >= 11 is 0. The zero-order valence-electron chi connectivity index (χ0n) is 17.6. The lowest BCUT2D eigenvalue weighted by atomic mass is 10.1. The minimum Gasteiger partial charge on any atom is -0.454 e. The highest BCUT2D eigenvalue weighted by atomic mass is 32.2. The molecule has 8 nitrogen and oxygen atoms in total. The maximum atomic E-state index is 12.8. The predicted molar refractivity (Wildman–Crippen MR) is 115 cm³/mol. The second kappa shape index (κ2) is 9.25. The SMILES string of the molecule is CS(=O)(=O)N(CC(=O)N1CC[NH+](Cc2ccc3c(c2)OCO3)CC1)Cc1ccccc1. The molecule has 2 aliphatic heterocycles. The van der Waals surface area contributed by atoms with E-state index in [4.69, 9.17) is 9.47 Å². The molecule has 0 aromatic heterocycles. The molecule has 166 valence electrons. The van der Waals surface area contributed by atoms with Crippen molar-refractivity contribution in [3.8, 4) is 11.5 Å². The summed E-state index contributed by atoms with van der Waals surface area (Å²) in [7, 11) is -3.49. The van der Waals surface area contributed by atoms with Crippen molar-refractivity contribution in [1.29, 1.82) is 0 Å². The molecule has 0 saturated carbocycles. The number of quaternary nitrogens is 1. The van der Waals surface area contributed by atoms with Gasteiger partial charge in [0.25, 0.3) is 0 Å². The van der Waals surface area contributed by atoms with E-state index in [1.54, 1.807) is 4.90 Å². The Hall–Kier alpha value is -2.62. The van der Waals surface area contributed by atoms with Crippen LogP contribution < -0.4 is 14.4 Å². The van der Waals surface area contributed by atoms with Crippen molar-refractivity contribution in [2.45, 2.75) is 13.1 Å². The van der Waals surface area contributed by atoms with Crippen LogP contribution in [0, 0.1) is 0 Å². The molecular formula is C22H28N3O5S+. The number of nitrogens with zero attached hydrogens (tertiary/aromatic N) is 2. The van der Waals surface area contributed by atoms with Crippen molar-refractivity contribution in [3.63, 3.8) is 0 Å². The first kappa shape index (κ1) is 21.6.